The first-order valence-electron chi connectivity index (χ1n) is 6.04. The molecule has 0 unspecified atom stereocenters. The summed E-state index contributed by atoms with van der Waals surface area (Å²) in [6.07, 6.45) is 3.17. The molecule has 3 heterocycles. The first kappa shape index (κ1) is 13.3. The minimum Gasteiger partial charge on any atom is -0.315 e. The number of thiophene rings is 1. The summed E-state index contributed by atoms with van der Waals surface area (Å²) in [6.45, 7) is 2.52. The molecular formula is C14H10ClFN2OS. The van der Waals surface area contributed by atoms with Crippen molar-refractivity contribution >= 4 is 33.0 Å². The lowest BCUT2D eigenvalue weighted by molar-refractivity contribution is 0.584. The zero-order chi connectivity index (χ0) is 14.3. The molecule has 3 rings (SSSR count). The zero-order valence-electron chi connectivity index (χ0n) is 10.6. The van der Waals surface area contributed by atoms with E-state index >= 15 is 0 Å². The fourth-order valence-corrected chi connectivity index (χ4v) is 3.23. The maximum absolute atomic E-state index is 13.1. The van der Waals surface area contributed by atoms with Crippen LogP contribution in [0.25, 0.3) is 21.2 Å². The molecule has 3 aromatic heterocycles. The summed E-state index contributed by atoms with van der Waals surface area (Å²) < 4.78 is 15.7. The summed E-state index contributed by atoms with van der Waals surface area (Å²) in [4.78, 5) is 16.0. The molecule has 20 heavy (non-hydrogen) atoms. The van der Waals surface area contributed by atoms with Gasteiger partial charge in [-0.2, -0.15) is 4.39 Å². The average Bonchev–Trinajstić information content (AvgIpc) is 2.87. The Morgan fingerprint density at radius 2 is 2.30 bits per heavy atom. The molecule has 0 amide bonds. The number of pyridine rings is 2. The van der Waals surface area contributed by atoms with Gasteiger partial charge in [0.25, 0.3) is 5.56 Å². The quantitative estimate of drug-likeness (QED) is 0.672. The smallest absolute Gasteiger partial charge is 0.259 e. The summed E-state index contributed by atoms with van der Waals surface area (Å²) in [6, 6.07) is 3.40. The van der Waals surface area contributed by atoms with E-state index < -0.39 is 5.95 Å². The van der Waals surface area contributed by atoms with Crippen molar-refractivity contribution in [2.75, 3.05) is 0 Å². The van der Waals surface area contributed by atoms with Gasteiger partial charge >= 0.3 is 0 Å². The van der Waals surface area contributed by atoms with E-state index in [0.29, 0.717) is 17.5 Å². The lowest BCUT2D eigenvalue weighted by atomic mass is 10.1. The molecule has 3 aromatic rings. The van der Waals surface area contributed by atoms with Crippen LogP contribution in [0.2, 0.25) is 5.02 Å². The summed E-state index contributed by atoms with van der Waals surface area (Å²) in [5.74, 6) is -0.707. The molecule has 0 radical (unpaired) electrons. The Kier molecular flexibility index (Phi) is 3.31. The van der Waals surface area contributed by atoms with Crippen molar-refractivity contribution in [1.82, 2.24) is 9.55 Å². The molecule has 0 atom stereocenters. The standard InChI is InChI=1S/C14H10ClFN2OS/c1-2-18-4-3-11-12(14(18)19)9(7-20-11)8-5-10(15)13(16)17-6-8/h3-7H,2H2,1H3. The number of aryl methyl sites for hydroxylation is 1. The van der Waals surface area contributed by atoms with Crippen molar-refractivity contribution in [2.24, 2.45) is 0 Å². The largest absolute Gasteiger partial charge is 0.315 e. The van der Waals surface area contributed by atoms with E-state index in [2.05, 4.69) is 4.98 Å². The molecular weight excluding hydrogens is 299 g/mol. The van der Waals surface area contributed by atoms with E-state index in [9.17, 15) is 9.18 Å². The van der Waals surface area contributed by atoms with Gasteiger partial charge in [0.1, 0.15) is 0 Å². The van der Waals surface area contributed by atoms with Crippen molar-refractivity contribution in [3.63, 3.8) is 0 Å². The normalized spacial score (nSPS) is 11.2. The number of nitrogens with zero attached hydrogens (tertiary/aromatic N) is 2. The highest BCUT2D eigenvalue weighted by atomic mass is 35.5. The maximum Gasteiger partial charge on any atom is 0.259 e. The van der Waals surface area contributed by atoms with Crippen LogP contribution in [0.3, 0.4) is 0 Å². The average molecular weight is 309 g/mol. The van der Waals surface area contributed by atoms with Crippen LogP contribution in [0.5, 0.6) is 0 Å². The molecule has 0 aliphatic rings. The zero-order valence-corrected chi connectivity index (χ0v) is 12.1. The van der Waals surface area contributed by atoms with E-state index in [1.807, 2.05) is 18.4 Å². The highest BCUT2D eigenvalue weighted by Gasteiger charge is 2.13. The Balaban J connectivity index is 2.31. The Morgan fingerprint density at radius 3 is 3.00 bits per heavy atom. The van der Waals surface area contributed by atoms with Gasteiger partial charge in [0.05, 0.1) is 10.4 Å². The number of halogens is 2. The van der Waals surface area contributed by atoms with Crippen LogP contribution in [-0.4, -0.2) is 9.55 Å². The molecule has 0 fully saturated rings. The molecule has 0 saturated carbocycles. The lowest BCUT2D eigenvalue weighted by Crippen LogP contribution is -2.17. The SMILES string of the molecule is CCn1ccc2scc(-c3cnc(F)c(Cl)c3)c2c1=O. The second-order valence-electron chi connectivity index (χ2n) is 4.29. The summed E-state index contributed by atoms with van der Waals surface area (Å²) >= 11 is 7.24. The maximum atomic E-state index is 13.1. The third kappa shape index (κ3) is 2.03. The first-order valence-corrected chi connectivity index (χ1v) is 7.29. The minimum absolute atomic E-state index is 0.0476. The second-order valence-corrected chi connectivity index (χ2v) is 5.61. The van der Waals surface area contributed by atoms with Crippen LogP contribution in [-0.2, 0) is 6.54 Å². The lowest BCUT2D eigenvalue weighted by Gasteiger charge is -2.04. The van der Waals surface area contributed by atoms with E-state index in [0.717, 1.165) is 10.3 Å². The molecule has 6 heteroatoms. The minimum atomic E-state index is -0.707. The van der Waals surface area contributed by atoms with Crippen molar-refractivity contribution in [3.8, 4) is 11.1 Å². The van der Waals surface area contributed by atoms with Crippen LogP contribution >= 0.6 is 22.9 Å². The first-order chi connectivity index (χ1) is 9.61. The number of aromatic nitrogens is 2. The summed E-state index contributed by atoms with van der Waals surface area (Å²) in [5.41, 5.74) is 1.34. The fourth-order valence-electron chi connectivity index (χ4n) is 2.12. The third-order valence-corrected chi connectivity index (χ3v) is 4.36. The Morgan fingerprint density at radius 1 is 1.50 bits per heavy atom. The van der Waals surface area contributed by atoms with Crippen molar-refractivity contribution < 1.29 is 4.39 Å². The van der Waals surface area contributed by atoms with E-state index in [-0.39, 0.29) is 10.6 Å². The van der Waals surface area contributed by atoms with E-state index in [4.69, 9.17) is 11.6 Å². The van der Waals surface area contributed by atoms with Crippen molar-refractivity contribution in [2.45, 2.75) is 13.5 Å². The van der Waals surface area contributed by atoms with Gasteiger partial charge in [-0.05, 0) is 19.1 Å². The monoisotopic (exact) mass is 308 g/mol. The van der Waals surface area contributed by atoms with Gasteiger partial charge in [-0.25, -0.2) is 4.98 Å². The molecule has 0 aliphatic heterocycles. The van der Waals surface area contributed by atoms with Gasteiger partial charge in [0.2, 0.25) is 5.95 Å². The molecule has 102 valence electrons. The molecule has 0 aromatic carbocycles. The van der Waals surface area contributed by atoms with Crippen LogP contribution in [0, 0.1) is 5.95 Å². The summed E-state index contributed by atoms with van der Waals surface area (Å²) in [7, 11) is 0. The molecule has 0 saturated heterocycles. The molecule has 3 nitrogen and oxygen atoms in total. The van der Waals surface area contributed by atoms with Crippen LogP contribution < -0.4 is 5.56 Å². The number of rotatable bonds is 2. The molecule has 0 bridgehead atoms. The highest BCUT2D eigenvalue weighted by Crippen LogP contribution is 2.32. The number of hydrogen-bond acceptors (Lipinski definition) is 3. The molecule has 0 aliphatic carbocycles. The predicted molar refractivity (Wildman–Crippen MR) is 80.0 cm³/mol. The third-order valence-electron chi connectivity index (χ3n) is 3.15. The fraction of sp³-hybridized carbons (Fsp3) is 0.143. The van der Waals surface area contributed by atoms with Gasteiger partial charge in [-0.3, -0.25) is 4.79 Å². The van der Waals surface area contributed by atoms with Crippen LogP contribution in [0.4, 0.5) is 4.39 Å². The molecule has 0 spiro atoms. The topological polar surface area (TPSA) is 34.9 Å². The molecule has 0 N–H and O–H groups in total. The number of fused-ring (bicyclic) bond motifs is 1. The van der Waals surface area contributed by atoms with Gasteiger partial charge in [0.15, 0.2) is 0 Å². The Bertz CT molecular complexity index is 856. The van der Waals surface area contributed by atoms with Crippen molar-refractivity contribution in [1.29, 1.82) is 0 Å². The highest BCUT2D eigenvalue weighted by molar-refractivity contribution is 7.17. The number of hydrogen-bond donors (Lipinski definition) is 0. The van der Waals surface area contributed by atoms with Gasteiger partial charge < -0.3 is 4.57 Å². The van der Waals surface area contributed by atoms with E-state index in [1.165, 1.54) is 23.6 Å². The van der Waals surface area contributed by atoms with Crippen LogP contribution in [0.15, 0.2) is 34.7 Å². The van der Waals surface area contributed by atoms with Gasteiger partial charge in [0, 0.05) is 40.1 Å². The Hall–Kier alpha value is -1.72. The van der Waals surface area contributed by atoms with Gasteiger partial charge in [-0.15, -0.1) is 11.3 Å². The van der Waals surface area contributed by atoms with E-state index in [1.54, 1.807) is 10.8 Å². The van der Waals surface area contributed by atoms with Crippen LogP contribution in [0.1, 0.15) is 6.92 Å². The predicted octanol–water partition coefficient (Wildman–Crippen LogP) is 3.94. The Labute approximate surface area is 123 Å². The second kappa shape index (κ2) is 5.00. The van der Waals surface area contributed by atoms with Crippen molar-refractivity contribution in [3.05, 3.63) is 51.2 Å². The van der Waals surface area contributed by atoms with Gasteiger partial charge in [-0.1, -0.05) is 11.6 Å². The summed E-state index contributed by atoms with van der Waals surface area (Å²) in [5, 5.41) is 2.45.